The number of nitrogens with two attached hydrogens (primary N) is 1. The first-order valence-corrected chi connectivity index (χ1v) is 7.50. The van der Waals surface area contributed by atoms with Crippen molar-refractivity contribution in [3.05, 3.63) is 39.4 Å². The lowest BCUT2D eigenvalue weighted by Crippen LogP contribution is -2.48. The highest BCUT2D eigenvalue weighted by atomic mass is 35.5. The van der Waals surface area contributed by atoms with Crippen molar-refractivity contribution in [1.82, 2.24) is 9.55 Å². The number of hydrogen-bond donors (Lipinski definition) is 2. The van der Waals surface area contributed by atoms with Gasteiger partial charge in [-0.2, -0.15) is 0 Å². The van der Waals surface area contributed by atoms with Crippen molar-refractivity contribution >= 4 is 22.5 Å². The fourth-order valence-electron chi connectivity index (χ4n) is 2.99. The van der Waals surface area contributed by atoms with E-state index in [0.717, 1.165) is 0 Å². The summed E-state index contributed by atoms with van der Waals surface area (Å²) < 4.78 is 15.4. The van der Waals surface area contributed by atoms with Crippen LogP contribution in [0.2, 0.25) is 5.02 Å². The van der Waals surface area contributed by atoms with Crippen LogP contribution in [-0.2, 0) is 0 Å². The number of fused-ring (bicyclic) bond motifs is 1. The number of benzene rings is 1. The molecule has 0 spiro atoms. The van der Waals surface area contributed by atoms with Crippen molar-refractivity contribution in [2.24, 2.45) is 5.73 Å². The molecule has 0 amide bonds. The Kier molecular flexibility index (Phi) is 3.71. The Morgan fingerprint density at radius 2 is 2.27 bits per heavy atom. The average Bonchev–Trinajstić information content (AvgIpc) is 2.44. The third-order valence-corrected chi connectivity index (χ3v) is 4.48. The molecule has 1 atom stereocenters. The summed E-state index contributed by atoms with van der Waals surface area (Å²) in [5, 5.41) is 9.68. The number of hydrogen-bond acceptors (Lipinski definition) is 4. The molecular formula is C15H17ClFN3O2. The molecule has 1 heterocycles. The van der Waals surface area contributed by atoms with Crippen molar-refractivity contribution in [2.75, 3.05) is 6.61 Å². The van der Waals surface area contributed by atoms with Gasteiger partial charge in [-0.25, -0.2) is 9.37 Å². The minimum absolute atomic E-state index is 0.0702. The van der Waals surface area contributed by atoms with Crippen LogP contribution in [0, 0.1) is 0 Å². The van der Waals surface area contributed by atoms with E-state index < -0.39 is 18.3 Å². The van der Waals surface area contributed by atoms with Gasteiger partial charge in [0.05, 0.1) is 28.6 Å². The second kappa shape index (κ2) is 5.30. The zero-order chi connectivity index (χ0) is 16.1. The Hall–Kier alpha value is -1.50. The average molecular weight is 326 g/mol. The highest BCUT2D eigenvalue weighted by Crippen LogP contribution is 2.44. The van der Waals surface area contributed by atoms with Gasteiger partial charge in [-0.3, -0.25) is 9.36 Å². The van der Waals surface area contributed by atoms with E-state index in [0.29, 0.717) is 21.7 Å². The first-order chi connectivity index (χ1) is 10.4. The van der Waals surface area contributed by atoms with Gasteiger partial charge in [-0.15, -0.1) is 0 Å². The molecule has 118 valence electrons. The van der Waals surface area contributed by atoms with Gasteiger partial charge in [-0.1, -0.05) is 17.7 Å². The van der Waals surface area contributed by atoms with E-state index in [4.69, 9.17) is 22.4 Å². The van der Waals surface area contributed by atoms with Gasteiger partial charge >= 0.3 is 0 Å². The third kappa shape index (κ3) is 2.31. The molecule has 0 unspecified atom stereocenters. The number of nitrogens with zero attached hydrogens (tertiary/aromatic N) is 2. The summed E-state index contributed by atoms with van der Waals surface area (Å²) in [6, 6.07) is 4.20. The molecule has 1 fully saturated rings. The summed E-state index contributed by atoms with van der Waals surface area (Å²) in [5.74, 6) is 0.407. The standard InChI is InChI=1S/C15H17ClFN3O2/c1-8(18)13-19-11-4-2-3-10(16)12(11)14(22)20(13)9-5-15(17,6-9)7-21/h2-4,8-9,21H,5-7,18H2,1H3/t8-,9?,15?/m0/s1. The Bertz CT molecular complexity index is 784. The van der Waals surface area contributed by atoms with E-state index in [9.17, 15) is 9.18 Å². The highest BCUT2D eigenvalue weighted by molar-refractivity contribution is 6.35. The van der Waals surface area contributed by atoms with Crippen LogP contribution < -0.4 is 11.3 Å². The van der Waals surface area contributed by atoms with Crippen molar-refractivity contribution in [3.63, 3.8) is 0 Å². The summed E-state index contributed by atoms with van der Waals surface area (Å²) in [6.45, 7) is 1.18. The monoisotopic (exact) mass is 325 g/mol. The van der Waals surface area contributed by atoms with Gasteiger partial charge in [0, 0.05) is 18.9 Å². The third-order valence-electron chi connectivity index (χ3n) is 4.16. The lowest BCUT2D eigenvalue weighted by molar-refractivity contribution is -0.0354. The number of aliphatic hydroxyl groups excluding tert-OH is 1. The zero-order valence-corrected chi connectivity index (χ0v) is 12.8. The first-order valence-electron chi connectivity index (χ1n) is 7.12. The fourth-order valence-corrected chi connectivity index (χ4v) is 3.24. The Labute approximate surface area is 131 Å². The number of aliphatic hydroxyl groups is 1. The molecule has 1 saturated carbocycles. The molecule has 0 bridgehead atoms. The minimum atomic E-state index is -1.63. The molecule has 1 aliphatic rings. The van der Waals surface area contributed by atoms with Gasteiger partial charge in [0.2, 0.25) is 0 Å². The quantitative estimate of drug-likeness (QED) is 0.905. The van der Waals surface area contributed by atoms with Crippen LogP contribution in [0.25, 0.3) is 10.9 Å². The molecule has 1 aromatic heterocycles. The van der Waals surface area contributed by atoms with Gasteiger partial charge in [-0.05, 0) is 19.1 Å². The number of alkyl halides is 1. The van der Waals surface area contributed by atoms with Crippen LogP contribution >= 0.6 is 11.6 Å². The first kappa shape index (κ1) is 15.4. The SMILES string of the molecule is C[C@H](N)c1nc2cccc(Cl)c2c(=O)n1C1CC(F)(CO)C1. The van der Waals surface area contributed by atoms with Gasteiger partial charge in [0.25, 0.3) is 5.56 Å². The Balaban J connectivity index is 2.20. The summed E-state index contributed by atoms with van der Waals surface area (Å²) >= 11 is 6.12. The maximum absolute atomic E-state index is 14.0. The van der Waals surface area contributed by atoms with Crippen molar-refractivity contribution in [3.8, 4) is 0 Å². The van der Waals surface area contributed by atoms with Crippen molar-refractivity contribution < 1.29 is 9.50 Å². The lowest BCUT2D eigenvalue weighted by atomic mass is 9.77. The predicted molar refractivity (Wildman–Crippen MR) is 82.8 cm³/mol. The zero-order valence-electron chi connectivity index (χ0n) is 12.1. The van der Waals surface area contributed by atoms with E-state index in [1.807, 2.05) is 0 Å². The summed E-state index contributed by atoms with van der Waals surface area (Å²) in [4.78, 5) is 17.2. The molecule has 22 heavy (non-hydrogen) atoms. The normalized spacial score (nSPS) is 26.0. The van der Waals surface area contributed by atoms with E-state index in [2.05, 4.69) is 4.98 Å². The molecule has 7 heteroatoms. The largest absolute Gasteiger partial charge is 0.393 e. The Morgan fingerprint density at radius 1 is 1.59 bits per heavy atom. The van der Waals surface area contributed by atoms with Crippen LogP contribution in [0.3, 0.4) is 0 Å². The van der Waals surface area contributed by atoms with Crippen LogP contribution in [-0.4, -0.2) is 26.9 Å². The minimum Gasteiger partial charge on any atom is -0.393 e. The molecular weight excluding hydrogens is 309 g/mol. The number of halogens is 2. The van der Waals surface area contributed by atoms with Crippen LogP contribution in [0.1, 0.15) is 37.7 Å². The molecule has 0 saturated heterocycles. The van der Waals surface area contributed by atoms with Crippen molar-refractivity contribution in [1.29, 1.82) is 0 Å². The van der Waals surface area contributed by atoms with Gasteiger partial charge < -0.3 is 10.8 Å². The molecule has 3 rings (SSSR count). The molecule has 5 nitrogen and oxygen atoms in total. The van der Waals surface area contributed by atoms with E-state index >= 15 is 0 Å². The molecule has 1 aromatic carbocycles. The highest BCUT2D eigenvalue weighted by Gasteiger charge is 2.46. The molecule has 2 aromatic rings. The smallest absolute Gasteiger partial charge is 0.263 e. The van der Waals surface area contributed by atoms with Gasteiger partial charge in [0.15, 0.2) is 0 Å². The second-order valence-corrected chi connectivity index (χ2v) is 6.35. The molecule has 0 radical (unpaired) electrons. The maximum atomic E-state index is 14.0. The van der Waals surface area contributed by atoms with Gasteiger partial charge in [0.1, 0.15) is 11.5 Å². The van der Waals surface area contributed by atoms with Crippen LogP contribution in [0.15, 0.2) is 23.0 Å². The number of rotatable bonds is 3. The number of aromatic nitrogens is 2. The molecule has 0 aliphatic heterocycles. The lowest BCUT2D eigenvalue weighted by Gasteiger charge is -2.41. The summed E-state index contributed by atoms with van der Waals surface area (Å²) in [6.07, 6.45) is 0.140. The molecule has 3 N–H and O–H groups in total. The topological polar surface area (TPSA) is 81.1 Å². The Morgan fingerprint density at radius 3 is 2.86 bits per heavy atom. The fraction of sp³-hybridized carbons (Fsp3) is 0.467. The summed E-state index contributed by atoms with van der Waals surface area (Å²) in [7, 11) is 0. The van der Waals surface area contributed by atoms with E-state index in [1.165, 1.54) is 4.57 Å². The van der Waals surface area contributed by atoms with Crippen molar-refractivity contribution in [2.45, 2.75) is 37.5 Å². The predicted octanol–water partition coefficient (Wildman–Crippen LogP) is 2.11. The van der Waals surface area contributed by atoms with Crippen LogP contribution in [0.5, 0.6) is 0 Å². The molecule has 1 aliphatic carbocycles. The second-order valence-electron chi connectivity index (χ2n) is 5.94. The van der Waals surface area contributed by atoms with E-state index in [-0.39, 0.29) is 24.4 Å². The summed E-state index contributed by atoms with van der Waals surface area (Å²) in [5.41, 5.74) is 4.47. The maximum Gasteiger partial charge on any atom is 0.263 e. The van der Waals surface area contributed by atoms with Crippen LogP contribution in [0.4, 0.5) is 4.39 Å². The van der Waals surface area contributed by atoms with E-state index in [1.54, 1.807) is 25.1 Å².